The highest BCUT2D eigenvalue weighted by Gasteiger charge is 2.33. The van der Waals surface area contributed by atoms with Crippen LogP contribution < -0.4 is 4.74 Å². The number of ketones is 3. The summed E-state index contributed by atoms with van der Waals surface area (Å²) in [4.78, 5) is 46.4. The van der Waals surface area contributed by atoms with Gasteiger partial charge in [0.05, 0.1) is 11.5 Å². The molecule has 7 nitrogen and oxygen atoms in total. The third-order valence-electron chi connectivity index (χ3n) is 4.27. The van der Waals surface area contributed by atoms with Crippen LogP contribution in [0.15, 0.2) is 18.2 Å². The minimum atomic E-state index is -1.53. The molecular formula is C20H27NO6. The predicted molar refractivity (Wildman–Crippen MR) is 101 cm³/mol. The predicted octanol–water partition coefficient (Wildman–Crippen LogP) is 4.31. The van der Waals surface area contributed by atoms with Crippen molar-refractivity contribution >= 4 is 23.0 Å². The van der Waals surface area contributed by atoms with Crippen LogP contribution in [0.1, 0.15) is 69.7 Å². The molecule has 0 atom stereocenters. The van der Waals surface area contributed by atoms with Crippen molar-refractivity contribution in [3.05, 3.63) is 33.9 Å². The van der Waals surface area contributed by atoms with E-state index in [1.807, 2.05) is 0 Å². The summed E-state index contributed by atoms with van der Waals surface area (Å²) in [6.07, 6.45) is 6.56. The van der Waals surface area contributed by atoms with E-state index in [0.29, 0.717) is 12.4 Å². The largest absolute Gasteiger partial charge is 0.494 e. The second-order valence-electron chi connectivity index (χ2n) is 6.57. The number of hydrogen-bond acceptors (Lipinski definition) is 6. The SMILES string of the molecule is CCCCCCCCOc1ccc([N+](=O)[O-])c(C(=O)C(C(C)=O)C(C)=O)c1. The number of benzene rings is 1. The molecule has 0 unspecified atom stereocenters. The lowest BCUT2D eigenvalue weighted by atomic mass is 9.90. The zero-order valence-electron chi connectivity index (χ0n) is 16.2. The second kappa shape index (κ2) is 11.2. The van der Waals surface area contributed by atoms with Gasteiger partial charge in [-0.25, -0.2) is 0 Å². The summed E-state index contributed by atoms with van der Waals surface area (Å²) in [6, 6.07) is 3.83. The molecule has 0 heterocycles. The minimum Gasteiger partial charge on any atom is -0.494 e. The number of rotatable bonds is 13. The smallest absolute Gasteiger partial charge is 0.280 e. The first-order valence-corrected chi connectivity index (χ1v) is 9.26. The normalized spacial score (nSPS) is 10.7. The molecule has 148 valence electrons. The number of nitro groups is 1. The van der Waals surface area contributed by atoms with Crippen molar-refractivity contribution in [1.29, 1.82) is 0 Å². The van der Waals surface area contributed by atoms with Crippen LogP contribution in [0.4, 0.5) is 5.69 Å². The average Bonchev–Trinajstić information content (AvgIpc) is 2.60. The van der Waals surface area contributed by atoms with Gasteiger partial charge in [-0.1, -0.05) is 39.0 Å². The van der Waals surface area contributed by atoms with E-state index in [2.05, 4.69) is 6.92 Å². The highest BCUT2D eigenvalue weighted by Crippen LogP contribution is 2.27. The van der Waals surface area contributed by atoms with E-state index in [9.17, 15) is 24.5 Å². The molecule has 1 aromatic carbocycles. The van der Waals surface area contributed by atoms with Crippen LogP contribution in [-0.4, -0.2) is 28.9 Å². The van der Waals surface area contributed by atoms with Gasteiger partial charge in [0.1, 0.15) is 28.8 Å². The number of ether oxygens (including phenoxy) is 1. The number of carbonyl (C=O) groups is 3. The van der Waals surface area contributed by atoms with Crippen LogP contribution in [0, 0.1) is 16.0 Å². The monoisotopic (exact) mass is 377 g/mol. The molecule has 0 N–H and O–H groups in total. The fourth-order valence-corrected chi connectivity index (χ4v) is 2.84. The molecule has 0 aliphatic rings. The van der Waals surface area contributed by atoms with Gasteiger partial charge in [0, 0.05) is 6.07 Å². The van der Waals surface area contributed by atoms with Crippen LogP contribution in [0.5, 0.6) is 5.75 Å². The van der Waals surface area contributed by atoms with Gasteiger partial charge in [-0.05, 0) is 32.4 Å². The lowest BCUT2D eigenvalue weighted by Crippen LogP contribution is -2.29. The van der Waals surface area contributed by atoms with E-state index in [-0.39, 0.29) is 5.56 Å². The maximum atomic E-state index is 12.6. The molecule has 27 heavy (non-hydrogen) atoms. The quantitative estimate of drug-likeness (QED) is 0.167. The summed E-state index contributed by atoms with van der Waals surface area (Å²) in [5, 5.41) is 11.2. The minimum absolute atomic E-state index is 0.282. The lowest BCUT2D eigenvalue weighted by Gasteiger charge is -2.12. The molecule has 0 saturated carbocycles. The van der Waals surface area contributed by atoms with E-state index in [4.69, 9.17) is 4.74 Å². The first-order valence-electron chi connectivity index (χ1n) is 9.26. The number of Topliss-reactive ketones (excluding diaryl/α,β-unsaturated/α-hetero) is 3. The molecule has 0 fully saturated rings. The zero-order chi connectivity index (χ0) is 20.4. The van der Waals surface area contributed by atoms with Gasteiger partial charge >= 0.3 is 0 Å². The molecule has 1 rings (SSSR count). The molecule has 0 spiro atoms. The fraction of sp³-hybridized carbons (Fsp3) is 0.550. The highest BCUT2D eigenvalue weighted by atomic mass is 16.6. The van der Waals surface area contributed by atoms with E-state index in [1.54, 1.807) is 0 Å². The Balaban J connectivity index is 2.88. The number of carbonyl (C=O) groups excluding carboxylic acids is 3. The molecule has 0 aliphatic heterocycles. The Labute approximate surface area is 159 Å². The van der Waals surface area contributed by atoms with E-state index < -0.39 is 33.9 Å². The van der Waals surface area contributed by atoms with Gasteiger partial charge in [0.15, 0.2) is 5.78 Å². The third-order valence-corrected chi connectivity index (χ3v) is 4.27. The van der Waals surface area contributed by atoms with Gasteiger partial charge in [0.25, 0.3) is 5.69 Å². The van der Waals surface area contributed by atoms with Crippen LogP contribution in [0.2, 0.25) is 0 Å². The Morgan fingerprint density at radius 2 is 1.63 bits per heavy atom. The van der Waals surface area contributed by atoms with Crippen molar-refractivity contribution in [3.8, 4) is 5.75 Å². The molecule has 0 radical (unpaired) electrons. The molecule has 1 aromatic rings. The van der Waals surface area contributed by atoms with Crippen LogP contribution in [0.3, 0.4) is 0 Å². The van der Waals surface area contributed by atoms with Crippen LogP contribution in [0.25, 0.3) is 0 Å². The summed E-state index contributed by atoms with van der Waals surface area (Å²) in [5.41, 5.74) is -0.727. The zero-order valence-corrected chi connectivity index (χ0v) is 16.2. The third kappa shape index (κ3) is 6.92. The van der Waals surface area contributed by atoms with Crippen molar-refractivity contribution in [1.82, 2.24) is 0 Å². The van der Waals surface area contributed by atoms with Crippen molar-refractivity contribution in [2.45, 2.75) is 59.3 Å². The lowest BCUT2D eigenvalue weighted by molar-refractivity contribution is -0.385. The molecular weight excluding hydrogens is 350 g/mol. The maximum absolute atomic E-state index is 12.6. The summed E-state index contributed by atoms with van der Waals surface area (Å²) in [5.74, 6) is -3.37. The van der Waals surface area contributed by atoms with Crippen LogP contribution >= 0.6 is 0 Å². The van der Waals surface area contributed by atoms with Crippen molar-refractivity contribution in [2.75, 3.05) is 6.61 Å². The standard InChI is InChI=1S/C20H27NO6/c1-4-5-6-7-8-9-12-27-16-10-11-18(21(25)26)17(13-16)20(24)19(14(2)22)15(3)23/h10-11,13,19H,4-9,12H2,1-3H3. The number of unbranched alkanes of at least 4 members (excludes halogenated alkanes) is 5. The Kier molecular flexibility index (Phi) is 9.33. The van der Waals surface area contributed by atoms with Crippen molar-refractivity contribution < 1.29 is 24.0 Å². The van der Waals surface area contributed by atoms with Crippen LogP contribution in [-0.2, 0) is 9.59 Å². The first-order chi connectivity index (χ1) is 12.8. The highest BCUT2D eigenvalue weighted by molar-refractivity contribution is 6.24. The molecule has 7 heteroatoms. The summed E-state index contributed by atoms with van der Waals surface area (Å²) in [7, 11) is 0. The molecule has 0 saturated heterocycles. The Morgan fingerprint density at radius 3 is 2.19 bits per heavy atom. The first kappa shape index (κ1) is 22.5. The van der Waals surface area contributed by atoms with Gasteiger partial charge in [0.2, 0.25) is 0 Å². The van der Waals surface area contributed by atoms with E-state index in [0.717, 1.165) is 33.1 Å². The fourth-order valence-electron chi connectivity index (χ4n) is 2.84. The topological polar surface area (TPSA) is 104 Å². The number of nitro benzene ring substituents is 1. The molecule has 0 bridgehead atoms. The Morgan fingerprint density at radius 1 is 1.04 bits per heavy atom. The Hall–Kier alpha value is -2.57. The van der Waals surface area contributed by atoms with Gasteiger partial charge in [-0.3, -0.25) is 24.5 Å². The van der Waals surface area contributed by atoms with Gasteiger partial charge < -0.3 is 4.74 Å². The van der Waals surface area contributed by atoms with Crippen molar-refractivity contribution in [2.24, 2.45) is 5.92 Å². The number of hydrogen-bond donors (Lipinski definition) is 0. The molecule has 0 aromatic heterocycles. The molecule has 0 aliphatic carbocycles. The van der Waals surface area contributed by atoms with E-state index >= 15 is 0 Å². The van der Waals surface area contributed by atoms with E-state index in [1.165, 1.54) is 37.5 Å². The average molecular weight is 377 g/mol. The second-order valence-corrected chi connectivity index (χ2v) is 6.57. The van der Waals surface area contributed by atoms with Crippen molar-refractivity contribution in [3.63, 3.8) is 0 Å². The maximum Gasteiger partial charge on any atom is 0.280 e. The van der Waals surface area contributed by atoms with Gasteiger partial charge in [-0.2, -0.15) is 0 Å². The molecule has 0 amide bonds. The number of nitrogens with zero attached hydrogens (tertiary/aromatic N) is 1. The van der Waals surface area contributed by atoms with Gasteiger partial charge in [-0.15, -0.1) is 0 Å². The summed E-state index contributed by atoms with van der Waals surface area (Å²) >= 11 is 0. The summed E-state index contributed by atoms with van der Waals surface area (Å²) in [6.45, 7) is 4.82. The summed E-state index contributed by atoms with van der Waals surface area (Å²) < 4.78 is 5.59. The Bertz CT molecular complexity index is 684.